The summed E-state index contributed by atoms with van der Waals surface area (Å²) >= 11 is 3.47. The highest BCUT2D eigenvalue weighted by Crippen LogP contribution is 2.19. The summed E-state index contributed by atoms with van der Waals surface area (Å²) in [6, 6.07) is 1.94. The molecule has 0 radical (unpaired) electrons. The predicted octanol–water partition coefficient (Wildman–Crippen LogP) is 2.14. The number of likely N-dealkylation sites (N-methyl/N-ethyl adjacent to an activating group) is 1. The number of hydrogen-bond acceptors (Lipinski definition) is 3. The lowest BCUT2D eigenvalue weighted by Crippen LogP contribution is -2.30. The lowest BCUT2D eigenvalue weighted by Gasteiger charge is -2.16. The van der Waals surface area contributed by atoms with Crippen LogP contribution in [0.15, 0.2) is 16.7 Å². The topological polar surface area (TPSA) is 56.0 Å². The van der Waals surface area contributed by atoms with Gasteiger partial charge in [-0.3, -0.25) is 14.2 Å². The number of aryl methyl sites for hydroxylation is 2. The van der Waals surface area contributed by atoms with Gasteiger partial charge >= 0.3 is 0 Å². The molecule has 1 amide bonds. The summed E-state index contributed by atoms with van der Waals surface area (Å²) in [5.74, 6) is 0.0131. The van der Waals surface area contributed by atoms with E-state index in [1.54, 1.807) is 16.6 Å². The molecule has 0 saturated carbocycles. The first-order chi connectivity index (χ1) is 9.92. The highest BCUT2D eigenvalue weighted by atomic mass is 79.9. The largest absolute Gasteiger partial charge is 0.338 e. The Labute approximate surface area is 132 Å². The molecule has 0 aliphatic carbocycles. The molecule has 0 saturated heterocycles. The lowest BCUT2D eigenvalue weighted by atomic mass is 10.4. The van der Waals surface area contributed by atoms with E-state index in [0.717, 1.165) is 28.1 Å². The Morgan fingerprint density at radius 3 is 2.62 bits per heavy atom. The molecular formula is C14H20BrN5O. The first kappa shape index (κ1) is 15.8. The maximum atomic E-state index is 12.3. The van der Waals surface area contributed by atoms with Crippen molar-refractivity contribution in [2.24, 2.45) is 0 Å². The highest BCUT2D eigenvalue weighted by Gasteiger charge is 2.15. The summed E-state index contributed by atoms with van der Waals surface area (Å²) in [6.07, 6.45) is 1.92. The van der Waals surface area contributed by atoms with Gasteiger partial charge < -0.3 is 4.90 Å². The number of halogens is 1. The van der Waals surface area contributed by atoms with Crippen LogP contribution < -0.4 is 0 Å². The minimum absolute atomic E-state index is 0.0131. The molecule has 7 heteroatoms. The van der Waals surface area contributed by atoms with Gasteiger partial charge in [0.1, 0.15) is 6.54 Å². The molecule has 0 aromatic carbocycles. The monoisotopic (exact) mass is 353 g/mol. The fourth-order valence-electron chi connectivity index (χ4n) is 2.07. The summed E-state index contributed by atoms with van der Waals surface area (Å²) in [6.45, 7) is 7.47. The molecular weight excluding hydrogens is 334 g/mol. The van der Waals surface area contributed by atoms with Gasteiger partial charge in [-0.05, 0) is 42.8 Å². The summed E-state index contributed by atoms with van der Waals surface area (Å²) in [4.78, 5) is 14.0. The molecule has 2 aromatic rings. The van der Waals surface area contributed by atoms with Crippen LogP contribution in [0.4, 0.5) is 0 Å². The molecule has 6 nitrogen and oxygen atoms in total. The molecule has 0 bridgehead atoms. The molecule has 2 heterocycles. The smallest absolute Gasteiger partial charge is 0.244 e. The van der Waals surface area contributed by atoms with E-state index in [9.17, 15) is 4.79 Å². The molecule has 0 fully saturated rings. The van der Waals surface area contributed by atoms with Gasteiger partial charge in [-0.15, -0.1) is 0 Å². The van der Waals surface area contributed by atoms with Crippen LogP contribution in [0.3, 0.4) is 0 Å². The lowest BCUT2D eigenvalue weighted by molar-refractivity contribution is -0.131. The molecule has 2 aromatic heterocycles. The maximum Gasteiger partial charge on any atom is 0.244 e. The Morgan fingerprint density at radius 1 is 1.38 bits per heavy atom. The van der Waals surface area contributed by atoms with Crippen LogP contribution in [0.25, 0.3) is 0 Å². The highest BCUT2D eigenvalue weighted by molar-refractivity contribution is 9.10. The zero-order valence-corrected chi connectivity index (χ0v) is 14.4. The SMILES string of the molecule is CCn1ccc(CN(C)C(=O)Cn2nc(C)c(Br)c2C)n1. The number of carbonyl (C=O) groups excluding carboxylic acids is 1. The van der Waals surface area contributed by atoms with Gasteiger partial charge in [0, 0.05) is 19.8 Å². The zero-order valence-electron chi connectivity index (χ0n) is 12.8. The third-order valence-corrected chi connectivity index (χ3v) is 4.57. The molecule has 0 aliphatic rings. The average molecular weight is 354 g/mol. The Balaban J connectivity index is 2.00. The number of aromatic nitrogens is 4. The standard InChI is InChI=1S/C14H20BrN5O/c1-5-19-7-6-12(17-19)8-18(4)13(21)9-20-11(3)14(15)10(2)16-20/h6-7H,5,8-9H2,1-4H3. The second-order valence-corrected chi connectivity index (χ2v) is 5.85. The molecule has 21 heavy (non-hydrogen) atoms. The van der Waals surface area contributed by atoms with E-state index in [0.29, 0.717) is 6.54 Å². The van der Waals surface area contributed by atoms with E-state index in [-0.39, 0.29) is 12.5 Å². The Kier molecular flexibility index (Phi) is 4.82. The van der Waals surface area contributed by atoms with Crippen molar-refractivity contribution < 1.29 is 4.79 Å². The van der Waals surface area contributed by atoms with Gasteiger partial charge in [0.25, 0.3) is 0 Å². The van der Waals surface area contributed by atoms with E-state index in [4.69, 9.17) is 0 Å². The minimum Gasteiger partial charge on any atom is -0.338 e. The van der Waals surface area contributed by atoms with Gasteiger partial charge in [-0.2, -0.15) is 10.2 Å². The van der Waals surface area contributed by atoms with E-state index in [2.05, 4.69) is 26.1 Å². The fraction of sp³-hybridized carbons (Fsp3) is 0.500. The molecule has 0 aliphatic heterocycles. The van der Waals surface area contributed by atoms with Gasteiger partial charge in [-0.25, -0.2) is 0 Å². The average Bonchev–Trinajstić information content (AvgIpc) is 3.00. The van der Waals surface area contributed by atoms with Crippen molar-refractivity contribution in [3.63, 3.8) is 0 Å². The first-order valence-corrected chi connectivity index (χ1v) is 7.67. The quantitative estimate of drug-likeness (QED) is 0.827. The second-order valence-electron chi connectivity index (χ2n) is 5.06. The molecule has 0 N–H and O–H groups in total. The Hall–Kier alpha value is -1.63. The van der Waals surface area contributed by atoms with E-state index < -0.39 is 0 Å². The summed E-state index contributed by atoms with van der Waals surface area (Å²) in [5, 5.41) is 8.75. The number of carbonyl (C=O) groups is 1. The third kappa shape index (κ3) is 3.53. The van der Waals surface area contributed by atoms with Crippen LogP contribution in [-0.4, -0.2) is 37.4 Å². The normalized spacial score (nSPS) is 10.9. The molecule has 0 atom stereocenters. The fourth-order valence-corrected chi connectivity index (χ4v) is 2.36. The van der Waals surface area contributed by atoms with Gasteiger partial charge in [0.15, 0.2) is 0 Å². The Morgan fingerprint density at radius 2 is 2.10 bits per heavy atom. The van der Waals surface area contributed by atoms with Crippen LogP contribution in [0, 0.1) is 13.8 Å². The second kappa shape index (κ2) is 6.43. The van der Waals surface area contributed by atoms with Crippen molar-refractivity contribution in [3.05, 3.63) is 33.8 Å². The van der Waals surface area contributed by atoms with Crippen molar-refractivity contribution in [2.45, 2.75) is 40.4 Å². The van der Waals surface area contributed by atoms with E-state index in [1.165, 1.54) is 0 Å². The zero-order chi connectivity index (χ0) is 15.6. The van der Waals surface area contributed by atoms with Crippen molar-refractivity contribution >= 4 is 21.8 Å². The number of hydrogen-bond donors (Lipinski definition) is 0. The van der Waals surface area contributed by atoms with Crippen molar-refractivity contribution in [1.29, 1.82) is 0 Å². The third-order valence-electron chi connectivity index (χ3n) is 3.42. The maximum absolute atomic E-state index is 12.3. The molecule has 114 valence electrons. The van der Waals surface area contributed by atoms with Crippen LogP contribution in [0.1, 0.15) is 24.0 Å². The van der Waals surface area contributed by atoms with Crippen molar-refractivity contribution in [2.75, 3.05) is 7.05 Å². The van der Waals surface area contributed by atoms with Crippen molar-refractivity contribution in [1.82, 2.24) is 24.5 Å². The molecule has 0 spiro atoms. The Bertz CT molecular complexity index is 646. The van der Waals surface area contributed by atoms with Gasteiger partial charge in [0.05, 0.1) is 28.1 Å². The number of rotatable bonds is 5. The van der Waals surface area contributed by atoms with Gasteiger partial charge in [0.2, 0.25) is 5.91 Å². The van der Waals surface area contributed by atoms with Crippen LogP contribution in [0.5, 0.6) is 0 Å². The molecule has 2 rings (SSSR count). The van der Waals surface area contributed by atoms with Crippen LogP contribution in [0.2, 0.25) is 0 Å². The summed E-state index contributed by atoms with van der Waals surface area (Å²) < 4.78 is 4.54. The predicted molar refractivity (Wildman–Crippen MR) is 83.8 cm³/mol. The van der Waals surface area contributed by atoms with Crippen molar-refractivity contribution in [3.8, 4) is 0 Å². The molecule has 0 unspecified atom stereocenters. The first-order valence-electron chi connectivity index (χ1n) is 6.88. The van der Waals surface area contributed by atoms with Gasteiger partial charge in [-0.1, -0.05) is 0 Å². The van der Waals surface area contributed by atoms with E-state index >= 15 is 0 Å². The number of nitrogens with zero attached hydrogens (tertiary/aromatic N) is 5. The van der Waals surface area contributed by atoms with Crippen LogP contribution in [-0.2, 0) is 24.4 Å². The number of amides is 1. The van der Waals surface area contributed by atoms with E-state index in [1.807, 2.05) is 37.7 Å². The minimum atomic E-state index is 0.0131. The summed E-state index contributed by atoms with van der Waals surface area (Å²) in [7, 11) is 1.79. The van der Waals surface area contributed by atoms with Crippen LogP contribution >= 0.6 is 15.9 Å². The summed E-state index contributed by atoms with van der Waals surface area (Å²) in [5.41, 5.74) is 2.75.